The lowest BCUT2D eigenvalue weighted by molar-refractivity contribution is 0.201. The van der Waals surface area contributed by atoms with Crippen molar-refractivity contribution < 1.29 is 4.79 Å². The lowest BCUT2D eigenvalue weighted by Crippen LogP contribution is -2.47. The van der Waals surface area contributed by atoms with Crippen molar-refractivity contribution in [3.05, 3.63) is 29.6 Å². The highest BCUT2D eigenvalue weighted by molar-refractivity contribution is 6.30. The van der Waals surface area contributed by atoms with E-state index in [1.54, 1.807) is 4.90 Å². The van der Waals surface area contributed by atoms with E-state index in [0.717, 1.165) is 19.4 Å². The van der Waals surface area contributed by atoms with Crippen molar-refractivity contribution in [1.29, 1.82) is 0 Å². The molecule has 1 aliphatic carbocycles. The molecule has 22 heavy (non-hydrogen) atoms. The number of aromatic nitrogens is 2. The first-order chi connectivity index (χ1) is 10.5. The Balaban J connectivity index is 1.60. The second kappa shape index (κ2) is 6.02. The number of hydrogen-bond donors (Lipinski definition) is 2. The Morgan fingerprint density at radius 3 is 3.14 bits per heavy atom. The maximum Gasteiger partial charge on any atom is 0.344 e. The molecular weight excluding hydrogens is 302 g/mol. The fourth-order valence-electron chi connectivity index (χ4n) is 3.63. The predicted octanol–water partition coefficient (Wildman–Crippen LogP) is 1.46. The first-order valence-corrected chi connectivity index (χ1v) is 8.02. The molecule has 1 aromatic heterocycles. The van der Waals surface area contributed by atoms with Crippen LogP contribution in [0.4, 0.5) is 4.79 Å². The molecule has 1 aliphatic heterocycles. The van der Waals surface area contributed by atoms with Gasteiger partial charge in [-0.3, -0.25) is 0 Å². The van der Waals surface area contributed by atoms with Crippen molar-refractivity contribution in [2.45, 2.75) is 31.3 Å². The van der Waals surface area contributed by atoms with E-state index in [1.165, 1.54) is 17.1 Å². The molecule has 2 aliphatic rings. The highest BCUT2D eigenvalue weighted by Crippen LogP contribution is 2.40. The van der Waals surface area contributed by atoms with E-state index in [9.17, 15) is 4.79 Å². The summed E-state index contributed by atoms with van der Waals surface area (Å²) in [6, 6.07) is 0.284. The Kier molecular flexibility index (Phi) is 4.25. The molecule has 2 fully saturated rings. The Bertz CT molecular complexity index is 586. The van der Waals surface area contributed by atoms with Crippen molar-refractivity contribution in [2.24, 2.45) is 11.7 Å². The standard InChI is InChI=1S/C15H22ClN5O/c1-2-3-4-18-13-5-11-8-20(10-15(11,17)6-13)14(22)21-9-12(16)7-19-21/h2-3,7,9,11,13,18H,4-6,8,10,17H2,1H3/b3-2+/t11-,13-,15-/m1/s1. The van der Waals surface area contributed by atoms with Gasteiger partial charge >= 0.3 is 6.03 Å². The summed E-state index contributed by atoms with van der Waals surface area (Å²) < 4.78 is 1.29. The second-order valence-corrected chi connectivity index (χ2v) is 6.75. The van der Waals surface area contributed by atoms with Crippen LogP contribution in [0.15, 0.2) is 24.5 Å². The van der Waals surface area contributed by atoms with E-state index < -0.39 is 0 Å². The van der Waals surface area contributed by atoms with Gasteiger partial charge in [0, 0.05) is 31.2 Å². The summed E-state index contributed by atoms with van der Waals surface area (Å²) in [5.41, 5.74) is 6.27. The second-order valence-electron chi connectivity index (χ2n) is 6.31. The smallest absolute Gasteiger partial charge is 0.323 e. The summed E-state index contributed by atoms with van der Waals surface area (Å²) >= 11 is 5.82. The summed E-state index contributed by atoms with van der Waals surface area (Å²) in [5, 5.41) is 7.95. The van der Waals surface area contributed by atoms with Crippen LogP contribution in [-0.4, -0.2) is 51.9 Å². The summed E-state index contributed by atoms with van der Waals surface area (Å²) in [6.07, 6.45) is 9.06. The fourth-order valence-corrected chi connectivity index (χ4v) is 3.76. The number of nitrogens with two attached hydrogens (primary N) is 1. The Morgan fingerprint density at radius 2 is 2.50 bits per heavy atom. The van der Waals surface area contributed by atoms with Gasteiger partial charge in [0.2, 0.25) is 0 Å². The Morgan fingerprint density at radius 1 is 1.68 bits per heavy atom. The number of rotatable bonds is 3. The molecule has 120 valence electrons. The maximum absolute atomic E-state index is 12.4. The number of fused-ring (bicyclic) bond motifs is 1. The largest absolute Gasteiger partial charge is 0.344 e. The van der Waals surface area contributed by atoms with Crippen molar-refractivity contribution in [2.75, 3.05) is 19.6 Å². The van der Waals surface area contributed by atoms with Crippen LogP contribution in [0.5, 0.6) is 0 Å². The first-order valence-electron chi connectivity index (χ1n) is 7.65. The number of halogens is 1. The zero-order valence-electron chi connectivity index (χ0n) is 12.7. The first kappa shape index (κ1) is 15.5. The molecule has 0 spiro atoms. The number of carbonyl (C=O) groups excluding carboxylic acids is 1. The lowest BCUT2D eigenvalue weighted by Gasteiger charge is -2.24. The van der Waals surface area contributed by atoms with Crippen LogP contribution in [0.25, 0.3) is 0 Å². The van der Waals surface area contributed by atoms with Crippen LogP contribution >= 0.6 is 11.6 Å². The van der Waals surface area contributed by atoms with E-state index >= 15 is 0 Å². The van der Waals surface area contributed by atoms with Gasteiger partial charge in [-0.2, -0.15) is 9.78 Å². The van der Waals surface area contributed by atoms with E-state index in [4.69, 9.17) is 17.3 Å². The summed E-state index contributed by atoms with van der Waals surface area (Å²) in [6.45, 7) is 4.16. The average molecular weight is 324 g/mol. The normalized spacial score (nSPS) is 31.1. The van der Waals surface area contributed by atoms with Gasteiger partial charge in [-0.25, -0.2) is 4.79 Å². The molecule has 6 nitrogen and oxygen atoms in total. The van der Waals surface area contributed by atoms with Crippen LogP contribution < -0.4 is 11.1 Å². The van der Waals surface area contributed by atoms with Crippen molar-refractivity contribution >= 4 is 17.6 Å². The van der Waals surface area contributed by atoms with Gasteiger partial charge < -0.3 is 16.0 Å². The zero-order valence-corrected chi connectivity index (χ0v) is 13.5. The number of likely N-dealkylation sites (tertiary alicyclic amines) is 1. The number of carbonyl (C=O) groups is 1. The van der Waals surface area contributed by atoms with Crippen LogP contribution in [0.3, 0.4) is 0 Å². The molecule has 1 aromatic rings. The molecule has 1 saturated heterocycles. The molecule has 0 bridgehead atoms. The van der Waals surface area contributed by atoms with Crippen molar-refractivity contribution in [3.8, 4) is 0 Å². The predicted molar refractivity (Wildman–Crippen MR) is 85.9 cm³/mol. The number of hydrogen-bond acceptors (Lipinski definition) is 4. The molecule has 0 unspecified atom stereocenters. The van der Waals surface area contributed by atoms with Gasteiger partial charge in [0.15, 0.2) is 0 Å². The van der Waals surface area contributed by atoms with Crippen molar-refractivity contribution in [1.82, 2.24) is 20.0 Å². The van der Waals surface area contributed by atoms with E-state index in [0.29, 0.717) is 30.1 Å². The topological polar surface area (TPSA) is 76.2 Å². The van der Waals surface area contributed by atoms with E-state index in [1.807, 2.05) is 13.0 Å². The molecular formula is C15H22ClN5O. The van der Waals surface area contributed by atoms with E-state index in [-0.39, 0.29) is 11.6 Å². The maximum atomic E-state index is 12.4. The number of amides is 1. The highest BCUT2D eigenvalue weighted by Gasteiger charge is 2.51. The molecule has 3 N–H and O–H groups in total. The highest BCUT2D eigenvalue weighted by atomic mass is 35.5. The molecule has 1 amide bonds. The summed E-state index contributed by atoms with van der Waals surface area (Å²) in [4.78, 5) is 14.2. The molecule has 2 heterocycles. The summed E-state index contributed by atoms with van der Waals surface area (Å²) in [5.74, 6) is 0.339. The molecule has 0 aromatic carbocycles. The van der Waals surface area contributed by atoms with Crippen LogP contribution in [0.2, 0.25) is 5.02 Å². The Labute approximate surface area is 135 Å². The molecule has 7 heteroatoms. The SMILES string of the molecule is C/C=C/CN[C@@H]1C[C@@H]2CN(C(=O)n3cc(Cl)cn3)C[C@]2(N)C1. The fraction of sp³-hybridized carbons (Fsp3) is 0.600. The van der Waals surface area contributed by atoms with Gasteiger partial charge in [-0.05, 0) is 25.7 Å². The van der Waals surface area contributed by atoms with Crippen LogP contribution in [0.1, 0.15) is 19.8 Å². The third-order valence-corrected chi connectivity index (χ3v) is 4.91. The monoisotopic (exact) mass is 323 g/mol. The van der Waals surface area contributed by atoms with Crippen LogP contribution in [-0.2, 0) is 0 Å². The van der Waals surface area contributed by atoms with Crippen LogP contribution in [0, 0.1) is 5.92 Å². The zero-order chi connectivity index (χ0) is 15.7. The lowest BCUT2D eigenvalue weighted by atomic mass is 9.92. The van der Waals surface area contributed by atoms with Gasteiger partial charge in [-0.1, -0.05) is 23.8 Å². The van der Waals surface area contributed by atoms with Gasteiger partial charge in [0.25, 0.3) is 0 Å². The third-order valence-electron chi connectivity index (χ3n) is 4.71. The number of nitrogens with zero attached hydrogens (tertiary/aromatic N) is 3. The third kappa shape index (κ3) is 2.91. The van der Waals surface area contributed by atoms with Gasteiger partial charge in [0.05, 0.1) is 17.4 Å². The van der Waals surface area contributed by atoms with Gasteiger partial charge in [-0.15, -0.1) is 0 Å². The minimum atomic E-state index is -0.291. The molecule has 1 saturated carbocycles. The quantitative estimate of drug-likeness (QED) is 0.826. The average Bonchev–Trinajstić information content (AvgIpc) is 3.10. The van der Waals surface area contributed by atoms with Gasteiger partial charge in [0.1, 0.15) is 0 Å². The molecule has 3 rings (SSSR count). The number of allylic oxidation sites excluding steroid dienone is 1. The minimum absolute atomic E-state index is 0.149. The Hall–Kier alpha value is -1.37. The van der Waals surface area contributed by atoms with E-state index in [2.05, 4.69) is 16.5 Å². The molecule has 0 radical (unpaired) electrons. The summed E-state index contributed by atoms with van der Waals surface area (Å²) in [7, 11) is 0. The minimum Gasteiger partial charge on any atom is -0.323 e. The molecule has 3 atom stereocenters. The van der Waals surface area contributed by atoms with Crippen molar-refractivity contribution in [3.63, 3.8) is 0 Å². The number of nitrogens with one attached hydrogen (secondary N) is 1.